The van der Waals surface area contributed by atoms with Gasteiger partial charge in [0.1, 0.15) is 29.8 Å². The Kier molecular flexibility index (Phi) is 8.28. The van der Waals surface area contributed by atoms with E-state index in [4.69, 9.17) is 9.47 Å². The Morgan fingerprint density at radius 2 is 1.97 bits per heavy atom. The standard InChI is InChI=1S/C26H23FN2O4/c1-32-13-6-12-29-18-21(15-20(17-28)26(29)31)25(30)23-16-22(27)10-11-24(23)33-14-5-9-19-7-3-2-4-8-19/h2-5,7-11,15-16,18H,6,12-14H2,1H3. The molecule has 33 heavy (non-hydrogen) atoms. The number of ether oxygens (including phenoxy) is 2. The van der Waals surface area contributed by atoms with Crippen LogP contribution in [0.5, 0.6) is 5.75 Å². The Labute approximate surface area is 191 Å². The predicted octanol–water partition coefficient (Wildman–Crippen LogP) is 4.22. The Bertz CT molecular complexity index is 1240. The van der Waals surface area contributed by atoms with Crippen molar-refractivity contribution in [1.82, 2.24) is 4.57 Å². The minimum atomic E-state index is -0.598. The minimum Gasteiger partial charge on any atom is -0.489 e. The highest BCUT2D eigenvalue weighted by Crippen LogP contribution is 2.23. The van der Waals surface area contributed by atoms with Crippen LogP contribution in [0.4, 0.5) is 4.39 Å². The number of hydrogen-bond donors (Lipinski definition) is 0. The SMILES string of the molecule is COCCCn1cc(C(=O)c2cc(F)ccc2OCC=Cc2ccccc2)cc(C#N)c1=O. The smallest absolute Gasteiger partial charge is 0.268 e. The van der Waals surface area contributed by atoms with E-state index in [0.717, 1.165) is 11.6 Å². The van der Waals surface area contributed by atoms with Crippen LogP contribution in [0.1, 0.15) is 33.5 Å². The van der Waals surface area contributed by atoms with Crippen LogP contribution in [0.15, 0.2) is 71.7 Å². The van der Waals surface area contributed by atoms with Gasteiger partial charge in [-0.05, 0) is 42.3 Å². The zero-order valence-electron chi connectivity index (χ0n) is 18.2. The van der Waals surface area contributed by atoms with Gasteiger partial charge in [-0.25, -0.2) is 4.39 Å². The number of methoxy groups -OCH3 is 1. The van der Waals surface area contributed by atoms with Crippen LogP contribution in [0.3, 0.4) is 0 Å². The summed E-state index contributed by atoms with van der Waals surface area (Å²) in [6.07, 6.45) is 5.57. The molecule has 0 bridgehead atoms. The van der Waals surface area contributed by atoms with Crippen LogP contribution >= 0.6 is 0 Å². The van der Waals surface area contributed by atoms with Gasteiger partial charge in [0.2, 0.25) is 0 Å². The maximum Gasteiger partial charge on any atom is 0.268 e. The van der Waals surface area contributed by atoms with Gasteiger partial charge in [0, 0.05) is 32.0 Å². The van der Waals surface area contributed by atoms with Crippen molar-refractivity contribution in [2.75, 3.05) is 20.3 Å². The molecule has 0 saturated heterocycles. The number of benzene rings is 2. The number of carbonyl (C=O) groups excluding carboxylic acids is 1. The second kappa shape index (κ2) is 11.6. The van der Waals surface area contributed by atoms with E-state index < -0.39 is 17.2 Å². The molecule has 0 amide bonds. The fraction of sp³-hybridized carbons (Fsp3) is 0.192. The molecule has 6 nitrogen and oxygen atoms in total. The first-order chi connectivity index (χ1) is 16.0. The van der Waals surface area contributed by atoms with Gasteiger partial charge in [0.05, 0.1) is 5.56 Å². The molecular weight excluding hydrogens is 423 g/mol. The average molecular weight is 446 g/mol. The van der Waals surface area contributed by atoms with E-state index in [-0.39, 0.29) is 35.6 Å². The first-order valence-electron chi connectivity index (χ1n) is 10.4. The number of rotatable bonds is 10. The van der Waals surface area contributed by atoms with Gasteiger partial charge in [0.25, 0.3) is 5.56 Å². The van der Waals surface area contributed by atoms with Crippen molar-refractivity contribution in [2.45, 2.75) is 13.0 Å². The molecule has 0 aliphatic carbocycles. The number of hydrogen-bond acceptors (Lipinski definition) is 5. The van der Waals surface area contributed by atoms with Gasteiger partial charge in [-0.1, -0.05) is 36.4 Å². The third-order valence-corrected chi connectivity index (χ3v) is 4.85. The van der Waals surface area contributed by atoms with Crippen LogP contribution in [0, 0.1) is 17.1 Å². The summed E-state index contributed by atoms with van der Waals surface area (Å²) in [6, 6.07) is 16.4. The third-order valence-electron chi connectivity index (χ3n) is 4.85. The first-order valence-corrected chi connectivity index (χ1v) is 10.4. The molecule has 3 rings (SSSR count). The van der Waals surface area contributed by atoms with Gasteiger partial charge in [-0.2, -0.15) is 5.26 Å². The van der Waals surface area contributed by atoms with Gasteiger partial charge in [-0.3, -0.25) is 9.59 Å². The highest BCUT2D eigenvalue weighted by molar-refractivity contribution is 6.10. The lowest BCUT2D eigenvalue weighted by Gasteiger charge is -2.12. The van der Waals surface area contributed by atoms with E-state index in [1.165, 1.54) is 29.0 Å². The van der Waals surface area contributed by atoms with Gasteiger partial charge < -0.3 is 14.0 Å². The quantitative estimate of drug-likeness (QED) is 0.344. The van der Waals surface area contributed by atoms with Crippen molar-refractivity contribution in [3.05, 3.63) is 105 Å². The maximum atomic E-state index is 14.0. The third kappa shape index (κ3) is 6.25. The Hall–Kier alpha value is -4.02. The van der Waals surface area contributed by atoms with E-state index in [0.29, 0.717) is 13.0 Å². The Balaban J connectivity index is 1.86. The molecule has 2 aromatic carbocycles. The summed E-state index contributed by atoms with van der Waals surface area (Å²) in [7, 11) is 1.55. The molecule has 0 fully saturated rings. The number of nitriles is 1. The second-order valence-electron chi connectivity index (χ2n) is 7.19. The highest BCUT2D eigenvalue weighted by Gasteiger charge is 2.19. The fourth-order valence-electron chi connectivity index (χ4n) is 3.23. The molecule has 0 N–H and O–H groups in total. The first kappa shape index (κ1) is 23.6. The molecule has 0 radical (unpaired) electrons. The highest BCUT2D eigenvalue weighted by atomic mass is 19.1. The van der Waals surface area contributed by atoms with Crippen LogP contribution in [0.2, 0.25) is 0 Å². The normalized spacial score (nSPS) is 10.8. The topological polar surface area (TPSA) is 81.3 Å². The minimum absolute atomic E-state index is 0.00842. The summed E-state index contributed by atoms with van der Waals surface area (Å²) in [5, 5.41) is 9.34. The monoisotopic (exact) mass is 446 g/mol. The summed E-state index contributed by atoms with van der Waals surface area (Å²) in [5.41, 5.74) is 0.444. The molecule has 0 aliphatic heterocycles. The number of pyridine rings is 1. The van der Waals surface area contributed by atoms with E-state index in [9.17, 15) is 19.2 Å². The molecule has 7 heteroatoms. The maximum absolute atomic E-state index is 14.0. The number of aryl methyl sites for hydroxylation is 1. The Morgan fingerprint density at radius 3 is 2.70 bits per heavy atom. The van der Waals surface area contributed by atoms with E-state index in [1.807, 2.05) is 42.5 Å². The fourth-order valence-corrected chi connectivity index (χ4v) is 3.23. The number of halogens is 1. The number of aromatic nitrogens is 1. The number of ketones is 1. The van der Waals surface area contributed by atoms with Gasteiger partial charge in [0.15, 0.2) is 5.78 Å². The molecule has 168 valence electrons. The molecule has 0 spiro atoms. The zero-order valence-corrected chi connectivity index (χ0v) is 18.2. The lowest BCUT2D eigenvalue weighted by atomic mass is 10.0. The van der Waals surface area contributed by atoms with Crippen molar-refractivity contribution < 1.29 is 18.7 Å². The Morgan fingerprint density at radius 1 is 1.18 bits per heavy atom. The summed E-state index contributed by atoms with van der Waals surface area (Å²) < 4.78 is 26.0. The molecule has 0 aliphatic rings. The molecule has 0 atom stereocenters. The van der Waals surface area contributed by atoms with Crippen LogP contribution in [-0.4, -0.2) is 30.7 Å². The van der Waals surface area contributed by atoms with Crippen molar-refractivity contribution in [1.29, 1.82) is 5.26 Å². The number of carbonyl (C=O) groups is 1. The van der Waals surface area contributed by atoms with Crippen LogP contribution in [0.25, 0.3) is 6.08 Å². The molecule has 1 aromatic heterocycles. The largest absolute Gasteiger partial charge is 0.489 e. The van der Waals surface area contributed by atoms with Crippen molar-refractivity contribution >= 4 is 11.9 Å². The predicted molar refractivity (Wildman–Crippen MR) is 123 cm³/mol. The molecule has 1 heterocycles. The number of nitrogens with zero attached hydrogens (tertiary/aromatic N) is 2. The van der Waals surface area contributed by atoms with Gasteiger partial charge >= 0.3 is 0 Å². The molecular formula is C26H23FN2O4. The van der Waals surface area contributed by atoms with E-state index in [1.54, 1.807) is 13.2 Å². The second-order valence-corrected chi connectivity index (χ2v) is 7.19. The van der Waals surface area contributed by atoms with Crippen LogP contribution < -0.4 is 10.3 Å². The van der Waals surface area contributed by atoms with Gasteiger partial charge in [-0.15, -0.1) is 0 Å². The summed E-state index contributed by atoms with van der Waals surface area (Å²) in [6.45, 7) is 0.866. The van der Waals surface area contributed by atoms with E-state index in [2.05, 4.69) is 0 Å². The van der Waals surface area contributed by atoms with Crippen LogP contribution in [-0.2, 0) is 11.3 Å². The summed E-state index contributed by atoms with van der Waals surface area (Å²) >= 11 is 0. The summed E-state index contributed by atoms with van der Waals surface area (Å²) in [5.74, 6) is -0.942. The van der Waals surface area contributed by atoms with Crippen molar-refractivity contribution in [3.8, 4) is 11.8 Å². The lowest BCUT2D eigenvalue weighted by Crippen LogP contribution is -2.24. The molecule has 3 aromatic rings. The van der Waals surface area contributed by atoms with Crippen molar-refractivity contribution in [2.24, 2.45) is 0 Å². The lowest BCUT2D eigenvalue weighted by molar-refractivity contribution is 0.103. The molecule has 0 saturated carbocycles. The average Bonchev–Trinajstić information content (AvgIpc) is 2.84. The van der Waals surface area contributed by atoms with Crippen molar-refractivity contribution in [3.63, 3.8) is 0 Å². The molecule has 0 unspecified atom stereocenters. The summed E-state index contributed by atoms with van der Waals surface area (Å²) in [4.78, 5) is 25.6. The zero-order chi connectivity index (χ0) is 23.6. The van der Waals surface area contributed by atoms with E-state index >= 15 is 0 Å².